The number of hydrogen-bond donors (Lipinski definition) is 4. The SMILES string of the molecule is C=C[C@@H]1C[C@]1(NC(=O)[C@@H]1[C@H](C)[C@@H](Oc2cc(-c3csc(NC(=O)C(C)C)n3)nc3c(Br)c(OC)ccc23)CN1C(=O)[C@@H](NC(=O)OC1CCCC1)C(C)(C)C)C(=O)O. The minimum Gasteiger partial charge on any atom is -0.495 e. The van der Waals surface area contributed by atoms with Crippen LogP contribution in [0.5, 0.6) is 11.5 Å². The minimum atomic E-state index is -1.55. The molecule has 6 rings (SSSR count). The lowest BCUT2D eigenvalue weighted by Crippen LogP contribution is -2.60. The number of amides is 4. The summed E-state index contributed by atoms with van der Waals surface area (Å²) in [6.07, 6.45) is 3.31. The average Bonchev–Trinajstić information content (AvgIpc) is 3.50. The summed E-state index contributed by atoms with van der Waals surface area (Å²) in [7, 11) is 1.54. The first-order chi connectivity index (χ1) is 27.4. The van der Waals surface area contributed by atoms with Gasteiger partial charge in [0.15, 0.2) is 5.13 Å². The third-order valence-corrected chi connectivity index (χ3v) is 12.7. The Hall–Kier alpha value is -4.77. The molecule has 0 unspecified atom stereocenters. The second kappa shape index (κ2) is 16.8. The molecule has 3 aromatic rings. The molecule has 58 heavy (non-hydrogen) atoms. The Morgan fingerprint density at radius 1 is 1.10 bits per heavy atom. The van der Waals surface area contributed by atoms with Crippen LogP contribution in [0.4, 0.5) is 9.93 Å². The highest BCUT2D eigenvalue weighted by molar-refractivity contribution is 9.10. The summed E-state index contributed by atoms with van der Waals surface area (Å²) in [6, 6.07) is 2.98. The van der Waals surface area contributed by atoms with E-state index in [9.17, 15) is 29.1 Å². The molecule has 15 nitrogen and oxygen atoms in total. The molecule has 3 aliphatic rings. The third-order valence-electron chi connectivity index (χ3n) is 11.2. The number of anilines is 1. The molecule has 2 saturated carbocycles. The van der Waals surface area contributed by atoms with Crippen molar-refractivity contribution in [3.05, 3.63) is 40.7 Å². The van der Waals surface area contributed by atoms with E-state index in [1.807, 2.05) is 0 Å². The molecule has 0 spiro atoms. The maximum absolute atomic E-state index is 14.8. The highest BCUT2D eigenvalue weighted by atomic mass is 79.9. The number of carbonyl (C=O) groups is 5. The number of hydrogen-bond acceptors (Lipinski definition) is 11. The van der Waals surface area contributed by atoms with Crippen molar-refractivity contribution in [3.8, 4) is 22.9 Å². The van der Waals surface area contributed by atoms with Gasteiger partial charge < -0.3 is 40.2 Å². The fourth-order valence-electron chi connectivity index (χ4n) is 7.60. The van der Waals surface area contributed by atoms with E-state index in [4.69, 9.17) is 19.2 Å². The molecule has 0 radical (unpaired) electrons. The number of nitrogens with zero attached hydrogens (tertiary/aromatic N) is 3. The summed E-state index contributed by atoms with van der Waals surface area (Å²) in [6.45, 7) is 14.4. The molecular formula is C41H51BrN6O9S. The second-order valence-electron chi connectivity index (χ2n) is 16.7. The van der Waals surface area contributed by atoms with Crippen molar-refractivity contribution in [2.45, 2.75) is 103 Å². The summed E-state index contributed by atoms with van der Waals surface area (Å²) >= 11 is 4.88. The van der Waals surface area contributed by atoms with E-state index < -0.39 is 64.9 Å². The zero-order valence-electron chi connectivity index (χ0n) is 33.7. The maximum Gasteiger partial charge on any atom is 0.408 e. The van der Waals surface area contributed by atoms with Crippen LogP contribution < -0.4 is 25.4 Å². The first-order valence-corrected chi connectivity index (χ1v) is 21.1. The number of pyridine rings is 1. The summed E-state index contributed by atoms with van der Waals surface area (Å²) in [5, 5.41) is 21.3. The predicted octanol–water partition coefficient (Wildman–Crippen LogP) is 6.55. The lowest BCUT2D eigenvalue weighted by Gasteiger charge is -2.36. The number of rotatable bonds is 13. The number of thiazole rings is 1. The molecule has 0 bridgehead atoms. The van der Waals surface area contributed by atoms with Crippen molar-refractivity contribution in [3.63, 3.8) is 0 Å². The minimum absolute atomic E-state index is 0.0759. The fourth-order valence-corrected chi connectivity index (χ4v) is 8.91. The van der Waals surface area contributed by atoms with Gasteiger partial charge in [-0.05, 0) is 65.6 Å². The number of carbonyl (C=O) groups excluding carboxylic acids is 4. The zero-order chi connectivity index (χ0) is 42.3. The number of aliphatic carboxylic acids is 1. The number of nitrogens with one attached hydrogen (secondary N) is 3. The predicted molar refractivity (Wildman–Crippen MR) is 222 cm³/mol. The van der Waals surface area contributed by atoms with E-state index in [1.165, 1.54) is 29.4 Å². The Morgan fingerprint density at radius 2 is 1.81 bits per heavy atom. The van der Waals surface area contributed by atoms with E-state index in [-0.39, 0.29) is 30.9 Å². The number of fused-ring (bicyclic) bond motifs is 1. The number of likely N-dealkylation sites (tertiary alicyclic amines) is 1. The molecule has 4 amide bonds. The molecule has 312 valence electrons. The van der Waals surface area contributed by atoms with Crippen molar-refractivity contribution in [1.82, 2.24) is 25.5 Å². The molecule has 1 aliphatic heterocycles. The molecule has 2 aliphatic carbocycles. The van der Waals surface area contributed by atoms with E-state index in [2.05, 4.69) is 43.4 Å². The smallest absolute Gasteiger partial charge is 0.408 e. The summed E-state index contributed by atoms with van der Waals surface area (Å²) in [5.74, 6) is -3.10. The van der Waals surface area contributed by atoms with Gasteiger partial charge in [0.05, 0.1) is 29.3 Å². The Kier molecular flexibility index (Phi) is 12.4. The molecular weight excluding hydrogens is 832 g/mol. The highest BCUT2D eigenvalue weighted by Gasteiger charge is 2.62. The number of alkyl carbamates (subject to hydrolysis) is 1. The Balaban J connectivity index is 1.37. The summed E-state index contributed by atoms with van der Waals surface area (Å²) in [4.78, 5) is 78.1. The second-order valence-corrected chi connectivity index (χ2v) is 18.3. The fraction of sp³-hybridized carbons (Fsp3) is 0.537. The number of aromatic nitrogens is 2. The molecule has 2 aromatic heterocycles. The van der Waals surface area contributed by atoms with Gasteiger partial charge in [-0.15, -0.1) is 17.9 Å². The Bertz CT molecular complexity index is 2110. The first-order valence-electron chi connectivity index (χ1n) is 19.4. The van der Waals surface area contributed by atoms with E-state index in [0.29, 0.717) is 43.4 Å². The van der Waals surface area contributed by atoms with Gasteiger partial charge in [-0.1, -0.05) is 47.6 Å². The zero-order valence-corrected chi connectivity index (χ0v) is 36.1. The molecule has 17 heteroatoms. The van der Waals surface area contributed by atoms with Crippen LogP contribution in [0, 0.1) is 23.2 Å². The van der Waals surface area contributed by atoms with Gasteiger partial charge in [0.1, 0.15) is 47.0 Å². The van der Waals surface area contributed by atoms with Gasteiger partial charge in [-0.3, -0.25) is 14.4 Å². The van der Waals surface area contributed by atoms with E-state index >= 15 is 0 Å². The van der Waals surface area contributed by atoms with Crippen molar-refractivity contribution >= 4 is 73.1 Å². The molecule has 1 aromatic carbocycles. The van der Waals surface area contributed by atoms with Crippen molar-refractivity contribution < 1.29 is 43.3 Å². The van der Waals surface area contributed by atoms with Crippen LogP contribution in [0.15, 0.2) is 40.7 Å². The van der Waals surface area contributed by atoms with Gasteiger partial charge >= 0.3 is 12.1 Å². The van der Waals surface area contributed by atoms with Gasteiger partial charge in [0.2, 0.25) is 17.7 Å². The highest BCUT2D eigenvalue weighted by Crippen LogP contribution is 2.46. The van der Waals surface area contributed by atoms with Gasteiger partial charge in [-0.25, -0.2) is 19.6 Å². The van der Waals surface area contributed by atoms with Crippen LogP contribution in [0.3, 0.4) is 0 Å². The summed E-state index contributed by atoms with van der Waals surface area (Å²) in [5.41, 5.74) is -0.976. The molecule has 1 saturated heterocycles. The van der Waals surface area contributed by atoms with Crippen LogP contribution in [0.25, 0.3) is 22.3 Å². The van der Waals surface area contributed by atoms with Crippen LogP contribution in [-0.4, -0.2) is 93.2 Å². The topological polar surface area (TPSA) is 198 Å². The number of carboxylic acid groups (broad SMARTS) is 1. The lowest BCUT2D eigenvalue weighted by atomic mass is 9.85. The largest absolute Gasteiger partial charge is 0.495 e. The van der Waals surface area contributed by atoms with Gasteiger partial charge in [-0.2, -0.15) is 0 Å². The summed E-state index contributed by atoms with van der Waals surface area (Å²) < 4.78 is 18.6. The van der Waals surface area contributed by atoms with Crippen molar-refractivity contribution in [2.75, 3.05) is 19.0 Å². The quantitative estimate of drug-likeness (QED) is 0.136. The Labute approximate surface area is 349 Å². The molecule has 4 N–H and O–H groups in total. The number of benzene rings is 1. The number of ether oxygens (including phenoxy) is 3. The molecule has 3 heterocycles. The van der Waals surface area contributed by atoms with E-state index in [1.54, 1.807) is 65.1 Å². The van der Waals surface area contributed by atoms with Crippen LogP contribution in [0.2, 0.25) is 0 Å². The average molecular weight is 884 g/mol. The van der Waals surface area contributed by atoms with Gasteiger partial charge in [0.25, 0.3) is 0 Å². The standard InChI is InChI=1S/C41H51BrN6O9S/c1-9-22-17-41(22,37(52)53)47-35(50)32-21(4)29(18-48(32)36(51)33(40(5,6)7)45-39(54)56-23-12-10-11-13-23)57-28-16-25(26-19-58-38(44-26)46-34(49)20(2)3)43-31-24(28)14-15-27(55-8)30(31)42/h9,14-16,19-23,29,32-33H,1,10-13,17-18H2,2-8H3,(H,45,54)(H,47,50)(H,52,53)(H,44,46,49)/t21-,22-,29+,32+,33-,41-/m1/s1. The van der Waals surface area contributed by atoms with Crippen LogP contribution >= 0.6 is 27.3 Å². The van der Waals surface area contributed by atoms with E-state index in [0.717, 1.165) is 25.7 Å². The molecule has 6 atom stereocenters. The van der Waals surface area contributed by atoms with Gasteiger partial charge in [0, 0.05) is 34.6 Å². The number of methoxy groups -OCH3 is 1. The normalized spacial score (nSPS) is 23.6. The number of carboxylic acids is 1. The maximum atomic E-state index is 14.8. The van der Waals surface area contributed by atoms with Crippen LogP contribution in [0.1, 0.15) is 73.6 Å². The first kappa shape index (κ1) is 42.8. The molecule has 3 fully saturated rings. The van der Waals surface area contributed by atoms with Crippen molar-refractivity contribution in [2.24, 2.45) is 23.2 Å². The third kappa shape index (κ3) is 8.65. The lowest BCUT2D eigenvalue weighted by molar-refractivity contribution is -0.146. The monoisotopic (exact) mass is 882 g/mol. The van der Waals surface area contributed by atoms with Crippen molar-refractivity contribution in [1.29, 1.82) is 0 Å². The number of halogens is 1. The Morgan fingerprint density at radius 3 is 2.41 bits per heavy atom. The van der Waals surface area contributed by atoms with Crippen LogP contribution in [-0.2, 0) is 23.9 Å².